The van der Waals surface area contributed by atoms with Gasteiger partial charge in [0.05, 0.1) is 23.3 Å². The molecule has 2 unspecified atom stereocenters. The zero-order valence-electron chi connectivity index (χ0n) is 20.2. The highest BCUT2D eigenvalue weighted by atomic mass is 32.2. The molecule has 10 heteroatoms. The fourth-order valence-electron chi connectivity index (χ4n) is 4.29. The monoisotopic (exact) mass is 521 g/mol. The molecule has 4 N–H and O–H groups in total. The number of pyridine rings is 2. The third-order valence-corrected chi connectivity index (χ3v) is 6.64. The van der Waals surface area contributed by atoms with Crippen molar-refractivity contribution in [3.63, 3.8) is 0 Å². The minimum absolute atomic E-state index is 0.00171. The summed E-state index contributed by atoms with van der Waals surface area (Å²) in [6.07, 6.45) is 0.867. The number of ether oxygens (including phenoxy) is 1. The molecule has 37 heavy (non-hydrogen) atoms. The summed E-state index contributed by atoms with van der Waals surface area (Å²) in [7, 11) is 1.32. The van der Waals surface area contributed by atoms with Crippen LogP contribution in [0.4, 0.5) is 0 Å². The summed E-state index contributed by atoms with van der Waals surface area (Å²) < 4.78 is 26.7. The second-order valence-electron chi connectivity index (χ2n) is 8.66. The molecule has 0 aliphatic heterocycles. The Hall–Kier alpha value is -3.70. The van der Waals surface area contributed by atoms with Crippen LogP contribution >= 0.6 is 0 Å². The first-order valence-corrected chi connectivity index (χ1v) is 12.8. The molecule has 4 aromatic rings. The molecule has 4 rings (SSSR count). The highest BCUT2D eigenvalue weighted by Gasteiger charge is 2.24. The highest BCUT2D eigenvalue weighted by Crippen LogP contribution is 2.23. The van der Waals surface area contributed by atoms with Crippen LogP contribution in [0.25, 0.3) is 11.0 Å². The Morgan fingerprint density at radius 1 is 1.08 bits per heavy atom. The summed E-state index contributed by atoms with van der Waals surface area (Å²) in [4.78, 5) is 30.7. The summed E-state index contributed by atoms with van der Waals surface area (Å²) in [5.74, 6) is -0.923. The number of nitrogens with zero attached hydrogens (tertiary/aromatic N) is 2. The third kappa shape index (κ3) is 6.17. The Labute approximate surface area is 215 Å². The Morgan fingerprint density at radius 3 is 2.38 bits per heavy atom. The largest absolute Gasteiger partial charge is 0.368 e. The van der Waals surface area contributed by atoms with Crippen molar-refractivity contribution in [2.75, 3.05) is 7.11 Å². The number of methoxy groups -OCH3 is 1. The van der Waals surface area contributed by atoms with Gasteiger partial charge in [0, 0.05) is 25.3 Å². The van der Waals surface area contributed by atoms with Crippen molar-refractivity contribution in [1.29, 1.82) is 0 Å². The van der Waals surface area contributed by atoms with Gasteiger partial charge in [-0.05, 0) is 34.7 Å². The second-order valence-corrected chi connectivity index (χ2v) is 9.59. The van der Waals surface area contributed by atoms with Crippen LogP contribution in [0.1, 0.15) is 38.2 Å². The molecular formula is C27H27N3O6S. The fourth-order valence-corrected chi connectivity index (χ4v) is 4.76. The normalized spacial score (nSPS) is 12.9. The molecule has 2 heterocycles. The molecule has 0 bridgehead atoms. The molecular weight excluding hydrogens is 494 g/mol. The number of aliphatic hydroxyl groups is 1. The van der Waals surface area contributed by atoms with E-state index in [2.05, 4.69) is 4.98 Å². The molecule has 2 aromatic carbocycles. The van der Waals surface area contributed by atoms with Crippen molar-refractivity contribution in [2.45, 2.75) is 31.4 Å². The topological polar surface area (TPSA) is 145 Å². The molecule has 0 spiro atoms. The van der Waals surface area contributed by atoms with Crippen molar-refractivity contribution in [3.05, 3.63) is 111 Å². The van der Waals surface area contributed by atoms with Gasteiger partial charge in [0.25, 0.3) is 11.5 Å². The average Bonchev–Trinajstić information content (AvgIpc) is 2.87. The van der Waals surface area contributed by atoms with Crippen molar-refractivity contribution >= 4 is 28.0 Å². The van der Waals surface area contributed by atoms with Gasteiger partial charge >= 0.3 is 0 Å². The predicted molar refractivity (Wildman–Crippen MR) is 141 cm³/mol. The van der Waals surface area contributed by atoms with E-state index in [0.29, 0.717) is 23.0 Å². The number of rotatable bonds is 10. The number of aromatic nitrogens is 2. The highest BCUT2D eigenvalue weighted by molar-refractivity contribution is 7.78. The number of amides is 1. The Kier molecular flexibility index (Phi) is 8.24. The van der Waals surface area contributed by atoms with E-state index in [1.54, 1.807) is 30.5 Å². The van der Waals surface area contributed by atoms with Crippen LogP contribution in [0.5, 0.6) is 0 Å². The number of hydrogen-bond acceptors (Lipinski definition) is 6. The van der Waals surface area contributed by atoms with Crippen molar-refractivity contribution in [3.8, 4) is 0 Å². The van der Waals surface area contributed by atoms with Gasteiger partial charge in [0.1, 0.15) is 5.56 Å². The van der Waals surface area contributed by atoms with Crippen LogP contribution in [0, 0.1) is 0 Å². The van der Waals surface area contributed by atoms with Crippen LogP contribution in [-0.2, 0) is 41.0 Å². The minimum Gasteiger partial charge on any atom is -0.368 e. The van der Waals surface area contributed by atoms with Gasteiger partial charge in [-0.2, -0.15) is 0 Å². The molecule has 0 fully saturated rings. The van der Waals surface area contributed by atoms with E-state index in [9.17, 15) is 18.9 Å². The lowest BCUT2D eigenvalue weighted by molar-refractivity contribution is -0.0719. The number of hydrogen-bond donors (Lipinski definition) is 3. The first kappa shape index (κ1) is 26.4. The first-order chi connectivity index (χ1) is 17.8. The number of nitrogens with two attached hydrogens (primary N) is 1. The zero-order valence-corrected chi connectivity index (χ0v) is 21.0. The Morgan fingerprint density at radius 2 is 1.76 bits per heavy atom. The summed E-state index contributed by atoms with van der Waals surface area (Å²) in [5.41, 5.74) is 9.21. The zero-order chi connectivity index (χ0) is 26.5. The van der Waals surface area contributed by atoms with Crippen molar-refractivity contribution in [2.24, 2.45) is 5.73 Å². The standard InChI is InChI=1S/C27H27N3O6S/c1-36-23(31)13-21-24(26(28)32)27(33)30(15-18-7-9-19(10-8-18)16-37(34)35)22-12-20(14-29-25(21)22)11-17-5-3-2-4-6-17/h2-10,12,14,23,31H,11,13,15-16H2,1H3,(H2,28,32)(H,34,35). The molecule has 0 saturated carbocycles. The predicted octanol–water partition coefficient (Wildman–Crippen LogP) is 2.36. The molecule has 2 aromatic heterocycles. The number of benzene rings is 2. The maximum Gasteiger partial charge on any atom is 0.264 e. The van der Waals surface area contributed by atoms with Gasteiger partial charge in [-0.1, -0.05) is 54.6 Å². The lowest BCUT2D eigenvalue weighted by atomic mass is 10.00. The van der Waals surface area contributed by atoms with Gasteiger partial charge in [-0.3, -0.25) is 14.6 Å². The number of fused-ring (bicyclic) bond motifs is 1. The van der Waals surface area contributed by atoms with E-state index in [0.717, 1.165) is 16.7 Å². The van der Waals surface area contributed by atoms with Crippen molar-refractivity contribution in [1.82, 2.24) is 9.55 Å². The first-order valence-electron chi connectivity index (χ1n) is 11.5. The molecule has 9 nitrogen and oxygen atoms in total. The lowest BCUT2D eigenvalue weighted by Crippen LogP contribution is -2.33. The smallest absolute Gasteiger partial charge is 0.264 e. The SMILES string of the molecule is COC(O)Cc1c(C(N)=O)c(=O)n(Cc2ccc(CS(=O)O)cc2)c2cc(Cc3ccccc3)cnc12. The number of primary amides is 1. The summed E-state index contributed by atoms with van der Waals surface area (Å²) in [5, 5.41) is 10.2. The van der Waals surface area contributed by atoms with Gasteiger partial charge in [0.15, 0.2) is 17.4 Å². The van der Waals surface area contributed by atoms with E-state index in [-0.39, 0.29) is 29.8 Å². The number of carbonyl (C=O) groups excluding carboxylic acids is 1. The van der Waals surface area contributed by atoms with Crippen LogP contribution in [0.15, 0.2) is 71.7 Å². The van der Waals surface area contributed by atoms with E-state index >= 15 is 0 Å². The molecule has 0 saturated heterocycles. The van der Waals surface area contributed by atoms with Gasteiger partial charge in [0.2, 0.25) is 0 Å². The summed E-state index contributed by atoms with van der Waals surface area (Å²) in [6.45, 7) is 0.113. The number of aliphatic hydroxyl groups excluding tert-OH is 1. The van der Waals surface area contributed by atoms with E-state index < -0.39 is 28.8 Å². The summed E-state index contributed by atoms with van der Waals surface area (Å²) >= 11 is -1.97. The maximum atomic E-state index is 13.6. The molecule has 0 aliphatic rings. The maximum absolute atomic E-state index is 13.6. The van der Waals surface area contributed by atoms with Crippen LogP contribution in [0.2, 0.25) is 0 Å². The fraction of sp³-hybridized carbons (Fsp3) is 0.222. The van der Waals surface area contributed by atoms with Gasteiger partial charge in [-0.25, -0.2) is 4.21 Å². The quantitative estimate of drug-likeness (QED) is 0.215. The Balaban J connectivity index is 1.88. The number of carbonyl (C=O) groups is 1. The van der Waals surface area contributed by atoms with E-state index in [1.807, 2.05) is 36.4 Å². The third-order valence-electron chi connectivity index (χ3n) is 6.06. The molecule has 192 valence electrons. The van der Waals surface area contributed by atoms with Crippen molar-refractivity contribution < 1.29 is 23.4 Å². The second kappa shape index (κ2) is 11.6. The molecule has 0 aliphatic carbocycles. The molecule has 2 atom stereocenters. The van der Waals surface area contributed by atoms with Crippen LogP contribution < -0.4 is 11.3 Å². The van der Waals surface area contributed by atoms with E-state index in [1.165, 1.54) is 11.7 Å². The molecule has 0 radical (unpaired) electrons. The van der Waals surface area contributed by atoms with Crippen LogP contribution in [-0.4, -0.2) is 42.7 Å². The molecule has 1 amide bonds. The van der Waals surface area contributed by atoms with E-state index in [4.69, 9.17) is 15.0 Å². The van der Waals surface area contributed by atoms with Gasteiger partial charge < -0.3 is 24.7 Å². The Bertz CT molecular complexity index is 1500. The van der Waals surface area contributed by atoms with Crippen LogP contribution in [0.3, 0.4) is 0 Å². The van der Waals surface area contributed by atoms with Gasteiger partial charge in [-0.15, -0.1) is 0 Å². The minimum atomic E-state index is -1.97. The lowest BCUT2D eigenvalue weighted by Gasteiger charge is -2.18. The average molecular weight is 522 g/mol. The summed E-state index contributed by atoms with van der Waals surface area (Å²) in [6, 6.07) is 18.6.